The summed E-state index contributed by atoms with van der Waals surface area (Å²) in [7, 11) is 1.48. The van der Waals surface area contributed by atoms with Crippen LogP contribution < -0.4 is 4.74 Å². The minimum absolute atomic E-state index is 0.286. The van der Waals surface area contributed by atoms with Crippen molar-refractivity contribution in [2.24, 2.45) is 0 Å². The van der Waals surface area contributed by atoms with Crippen LogP contribution in [0.25, 0.3) is 0 Å². The van der Waals surface area contributed by atoms with Crippen molar-refractivity contribution in [3.63, 3.8) is 0 Å². The maximum atomic E-state index is 13.7. The minimum atomic E-state index is -0.976. The predicted molar refractivity (Wildman–Crippen MR) is 75.1 cm³/mol. The van der Waals surface area contributed by atoms with E-state index in [4.69, 9.17) is 16.3 Å². The summed E-state index contributed by atoms with van der Waals surface area (Å²) in [5.74, 6) is -2.39. The summed E-state index contributed by atoms with van der Waals surface area (Å²) >= 11 is 9.25. The van der Waals surface area contributed by atoms with Gasteiger partial charge in [-0.1, -0.05) is 33.6 Å². The number of halogens is 5. The normalized spacial score (nSPS) is 12.3. The summed E-state index contributed by atoms with van der Waals surface area (Å²) in [5.41, 5.74) is 0.162. The van der Waals surface area contributed by atoms with Crippen LogP contribution in [0.5, 0.6) is 5.75 Å². The molecule has 0 radical (unpaired) electrons. The number of alkyl halides is 1. The zero-order valence-corrected chi connectivity index (χ0v) is 12.6. The summed E-state index contributed by atoms with van der Waals surface area (Å²) in [6.07, 6.45) is 0. The number of hydrogen-bond donors (Lipinski definition) is 0. The molecule has 0 saturated heterocycles. The van der Waals surface area contributed by atoms with Gasteiger partial charge in [0, 0.05) is 22.7 Å². The topological polar surface area (TPSA) is 9.23 Å². The molecule has 0 aliphatic carbocycles. The fourth-order valence-corrected chi connectivity index (χ4v) is 3.04. The Morgan fingerprint density at radius 2 is 1.70 bits per heavy atom. The Bertz CT molecular complexity index is 625. The maximum absolute atomic E-state index is 13.7. The third-order valence-corrected chi connectivity index (χ3v) is 4.06. The van der Waals surface area contributed by atoms with Gasteiger partial charge in [0.1, 0.15) is 23.2 Å². The van der Waals surface area contributed by atoms with Crippen LogP contribution in [-0.4, -0.2) is 7.11 Å². The van der Waals surface area contributed by atoms with Gasteiger partial charge in [-0.3, -0.25) is 0 Å². The van der Waals surface area contributed by atoms with Crippen LogP contribution in [0.3, 0.4) is 0 Å². The molecule has 20 heavy (non-hydrogen) atoms. The molecule has 0 amide bonds. The first kappa shape index (κ1) is 15.2. The van der Waals surface area contributed by atoms with Crippen LogP contribution in [-0.2, 0) is 0 Å². The van der Waals surface area contributed by atoms with Gasteiger partial charge >= 0.3 is 0 Å². The molecule has 106 valence electrons. The zero-order chi connectivity index (χ0) is 14.9. The fraction of sp³-hybridized carbons (Fsp3) is 0.143. The van der Waals surface area contributed by atoms with E-state index in [0.29, 0.717) is 23.4 Å². The van der Waals surface area contributed by atoms with Crippen molar-refractivity contribution in [1.29, 1.82) is 0 Å². The highest BCUT2D eigenvalue weighted by atomic mass is 79.9. The van der Waals surface area contributed by atoms with Crippen molar-refractivity contribution in [2.75, 3.05) is 7.11 Å². The lowest BCUT2D eigenvalue weighted by atomic mass is 10.0. The Kier molecular flexibility index (Phi) is 4.60. The number of methoxy groups -OCH3 is 1. The largest absolute Gasteiger partial charge is 0.497 e. The Hall–Kier alpha value is -1.20. The van der Waals surface area contributed by atoms with Crippen molar-refractivity contribution >= 4 is 27.5 Å². The minimum Gasteiger partial charge on any atom is -0.497 e. The van der Waals surface area contributed by atoms with Crippen LogP contribution in [0, 0.1) is 17.5 Å². The highest BCUT2D eigenvalue weighted by molar-refractivity contribution is 9.09. The van der Waals surface area contributed by atoms with Crippen molar-refractivity contribution in [3.8, 4) is 5.75 Å². The van der Waals surface area contributed by atoms with Crippen molar-refractivity contribution in [3.05, 3.63) is 63.9 Å². The molecule has 2 aromatic rings. The van der Waals surface area contributed by atoms with E-state index < -0.39 is 22.3 Å². The van der Waals surface area contributed by atoms with E-state index in [-0.39, 0.29) is 10.6 Å². The monoisotopic (exact) mass is 364 g/mol. The number of hydrogen-bond acceptors (Lipinski definition) is 1. The van der Waals surface area contributed by atoms with Crippen molar-refractivity contribution < 1.29 is 17.9 Å². The van der Waals surface area contributed by atoms with Gasteiger partial charge in [0.2, 0.25) is 0 Å². The molecule has 1 atom stereocenters. The molecule has 1 nitrogen and oxygen atoms in total. The molecule has 6 heteroatoms. The van der Waals surface area contributed by atoms with Crippen LogP contribution in [0.1, 0.15) is 16.0 Å². The molecular weight excluding hydrogens is 357 g/mol. The third-order valence-electron chi connectivity index (χ3n) is 2.78. The molecule has 0 bridgehead atoms. The lowest BCUT2D eigenvalue weighted by molar-refractivity contribution is 0.414. The Labute approximate surface area is 127 Å². The van der Waals surface area contributed by atoms with Crippen molar-refractivity contribution in [2.45, 2.75) is 4.83 Å². The Morgan fingerprint density at radius 1 is 1.10 bits per heavy atom. The molecule has 0 saturated carbocycles. The molecule has 0 aliphatic heterocycles. The average Bonchev–Trinajstić information content (AvgIpc) is 2.37. The van der Waals surface area contributed by atoms with E-state index in [0.717, 1.165) is 0 Å². The predicted octanol–water partition coefficient (Wildman–Crippen LogP) is 5.25. The number of ether oxygens (including phenoxy) is 1. The van der Waals surface area contributed by atoms with E-state index in [1.54, 1.807) is 12.1 Å². The molecule has 0 spiro atoms. The molecule has 0 aromatic heterocycles. The molecular formula is C14H9BrClF3O. The first-order valence-corrected chi connectivity index (χ1v) is 6.85. The number of rotatable bonds is 3. The van der Waals surface area contributed by atoms with Crippen LogP contribution in [0.4, 0.5) is 13.2 Å². The summed E-state index contributed by atoms with van der Waals surface area (Å²) < 4.78 is 45.4. The van der Waals surface area contributed by atoms with E-state index in [1.165, 1.54) is 13.2 Å². The zero-order valence-electron chi connectivity index (χ0n) is 10.3. The summed E-state index contributed by atoms with van der Waals surface area (Å²) in [6, 6.07) is 6.00. The SMILES string of the molecule is COc1ccc(C(Br)c2c(F)cc(F)cc2F)c(Cl)c1. The van der Waals surface area contributed by atoms with Gasteiger partial charge in [0.05, 0.1) is 11.9 Å². The quantitative estimate of drug-likeness (QED) is 0.675. The number of benzene rings is 2. The second-order valence-corrected chi connectivity index (χ2v) is 5.36. The Balaban J connectivity index is 2.49. The first-order chi connectivity index (χ1) is 9.43. The van der Waals surface area contributed by atoms with Gasteiger partial charge < -0.3 is 4.74 Å². The molecule has 0 fully saturated rings. The van der Waals surface area contributed by atoms with Crippen LogP contribution in [0.15, 0.2) is 30.3 Å². The Morgan fingerprint density at radius 3 is 2.20 bits per heavy atom. The van der Waals surface area contributed by atoms with E-state index in [9.17, 15) is 13.2 Å². The average molecular weight is 366 g/mol. The highest BCUT2D eigenvalue weighted by Gasteiger charge is 2.22. The van der Waals surface area contributed by atoms with E-state index in [2.05, 4.69) is 15.9 Å². The van der Waals surface area contributed by atoms with Crippen molar-refractivity contribution in [1.82, 2.24) is 0 Å². The van der Waals surface area contributed by atoms with E-state index >= 15 is 0 Å². The standard InChI is InChI=1S/C14H9BrClF3O/c1-20-8-2-3-9(10(16)6-8)14(15)13-11(18)4-7(17)5-12(13)19/h2-6,14H,1H3. The molecule has 0 heterocycles. The van der Waals surface area contributed by atoms with E-state index in [1.807, 2.05) is 0 Å². The first-order valence-electron chi connectivity index (χ1n) is 5.56. The van der Waals surface area contributed by atoms with Gasteiger partial charge in [-0.15, -0.1) is 0 Å². The fourth-order valence-electron chi connectivity index (χ4n) is 1.79. The summed E-state index contributed by atoms with van der Waals surface area (Å²) in [6.45, 7) is 0. The van der Waals surface area contributed by atoms with Gasteiger partial charge in [-0.05, 0) is 17.7 Å². The van der Waals surface area contributed by atoms with Crippen LogP contribution in [0.2, 0.25) is 5.02 Å². The van der Waals surface area contributed by atoms with Gasteiger partial charge in [-0.2, -0.15) is 0 Å². The second kappa shape index (κ2) is 6.06. The molecule has 0 N–H and O–H groups in total. The molecule has 1 unspecified atom stereocenters. The maximum Gasteiger partial charge on any atom is 0.133 e. The second-order valence-electron chi connectivity index (χ2n) is 4.03. The van der Waals surface area contributed by atoms with Gasteiger partial charge in [0.15, 0.2) is 0 Å². The molecule has 2 aromatic carbocycles. The lowest BCUT2D eigenvalue weighted by Crippen LogP contribution is -2.02. The molecule has 2 rings (SSSR count). The summed E-state index contributed by atoms with van der Waals surface area (Å²) in [4.78, 5) is -0.832. The highest BCUT2D eigenvalue weighted by Crippen LogP contribution is 2.39. The smallest absolute Gasteiger partial charge is 0.133 e. The van der Waals surface area contributed by atoms with Gasteiger partial charge in [-0.25, -0.2) is 13.2 Å². The third kappa shape index (κ3) is 2.94. The summed E-state index contributed by atoms with van der Waals surface area (Å²) in [5, 5.41) is 0.286. The molecule has 0 aliphatic rings. The van der Waals surface area contributed by atoms with Gasteiger partial charge in [0.25, 0.3) is 0 Å². The van der Waals surface area contributed by atoms with Crippen LogP contribution >= 0.6 is 27.5 Å². The lowest BCUT2D eigenvalue weighted by Gasteiger charge is -2.15.